The van der Waals surface area contributed by atoms with Gasteiger partial charge in [-0.15, -0.1) is 0 Å². The fourth-order valence-electron chi connectivity index (χ4n) is 3.96. The Morgan fingerprint density at radius 1 is 1.31 bits per heavy atom. The summed E-state index contributed by atoms with van der Waals surface area (Å²) in [6.07, 6.45) is 1.45. The zero-order valence-corrected chi connectivity index (χ0v) is 17.2. The molecule has 2 unspecified atom stereocenters. The van der Waals surface area contributed by atoms with Crippen molar-refractivity contribution < 1.29 is 14.2 Å². The first-order valence-corrected chi connectivity index (χ1v) is 10.1. The molecular weight excluding hydrogens is 395 g/mol. The fourth-order valence-corrected chi connectivity index (χ4v) is 4.05. The normalized spacial score (nSPS) is 27.4. The number of anilines is 1. The number of nitrogens with zero attached hydrogens (tertiary/aromatic N) is 2. The second-order valence-electron chi connectivity index (χ2n) is 7.69. The largest absolute Gasteiger partial charge is 0.485 e. The lowest BCUT2D eigenvalue weighted by molar-refractivity contribution is 0.0605. The molecule has 2 aliphatic heterocycles. The molecule has 8 heteroatoms. The average molecular weight is 419 g/mol. The number of rotatable bonds is 3. The Kier molecular flexibility index (Phi) is 5.36. The summed E-state index contributed by atoms with van der Waals surface area (Å²) >= 11 is 6.21. The molecular formula is C21H24ClFN4O2. The Labute approximate surface area is 174 Å². The first-order valence-electron chi connectivity index (χ1n) is 9.72. The molecule has 3 aliphatic rings. The van der Waals surface area contributed by atoms with Gasteiger partial charge in [0, 0.05) is 23.9 Å². The minimum absolute atomic E-state index is 0.336. The van der Waals surface area contributed by atoms with E-state index >= 15 is 0 Å². The topological polar surface area (TPSA) is 80.9 Å². The van der Waals surface area contributed by atoms with Gasteiger partial charge in [0.1, 0.15) is 23.5 Å². The minimum Gasteiger partial charge on any atom is -0.485 e. The highest BCUT2D eigenvalue weighted by Gasteiger charge is 2.31. The molecule has 1 aromatic rings. The number of benzene rings is 1. The lowest BCUT2D eigenvalue weighted by Gasteiger charge is -2.24. The van der Waals surface area contributed by atoms with E-state index in [-0.39, 0.29) is 6.10 Å². The Morgan fingerprint density at radius 3 is 2.79 bits per heavy atom. The van der Waals surface area contributed by atoms with Gasteiger partial charge in [-0.25, -0.2) is 9.38 Å². The number of aliphatic hydroxyl groups excluding tert-OH is 1. The summed E-state index contributed by atoms with van der Waals surface area (Å²) in [6, 6.07) is 4.40. The second-order valence-corrected chi connectivity index (χ2v) is 8.07. The third-order valence-electron chi connectivity index (χ3n) is 5.54. The number of allylic oxidation sites excluding steroid dienone is 2. The maximum Gasteiger partial charge on any atom is 0.146 e. The Balaban J connectivity index is 1.62. The average Bonchev–Trinajstić information content (AvgIpc) is 3.25. The van der Waals surface area contributed by atoms with Gasteiger partial charge < -0.3 is 25.5 Å². The highest BCUT2D eigenvalue weighted by molar-refractivity contribution is 6.43. The summed E-state index contributed by atoms with van der Waals surface area (Å²) in [5.41, 5.74) is 3.41. The molecule has 2 fully saturated rings. The molecule has 0 spiro atoms. The van der Waals surface area contributed by atoms with Crippen molar-refractivity contribution in [2.24, 2.45) is 4.99 Å². The van der Waals surface area contributed by atoms with Crippen LogP contribution in [0.4, 0.5) is 10.1 Å². The standard InChI is InChI=1S/C21H24ClFN4O2/c1-11-20(22)12(2)26-21(25-11)14-9-27(10-15(14)24)16-7-6-13(23)8-19(16)29-18-5-3-4-17(18)28/h6-8,17-18,24-25,28H,3-5,9-10H2,1-2H3/b21-14+,24-15?. The number of ether oxygens (including phenoxy) is 1. The lowest BCUT2D eigenvalue weighted by atomic mass is 10.2. The smallest absolute Gasteiger partial charge is 0.146 e. The first-order chi connectivity index (χ1) is 13.8. The number of hydrogen-bond acceptors (Lipinski definition) is 6. The number of aliphatic hydroxyl groups is 1. The van der Waals surface area contributed by atoms with Gasteiger partial charge in [-0.2, -0.15) is 0 Å². The van der Waals surface area contributed by atoms with Crippen LogP contribution in [0.15, 0.2) is 45.3 Å². The number of aliphatic imine (C=N–C) groups is 1. The Hall–Kier alpha value is -2.38. The van der Waals surface area contributed by atoms with Gasteiger partial charge in [-0.1, -0.05) is 11.6 Å². The predicted octanol–water partition coefficient (Wildman–Crippen LogP) is 3.70. The van der Waals surface area contributed by atoms with Gasteiger partial charge in [-0.3, -0.25) is 0 Å². The van der Waals surface area contributed by atoms with Crippen LogP contribution in [0.2, 0.25) is 0 Å². The van der Waals surface area contributed by atoms with E-state index in [9.17, 15) is 9.50 Å². The molecule has 2 atom stereocenters. The van der Waals surface area contributed by atoms with Gasteiger partial charge in [-0.05, 0) is 45.2 Å². The maximum absolute atomic E-state index is 13.9. The van der Waals surface area contributed by atoms with Crippen LogP contribution in [0.5, 0.6) is 5.75 Å². The van der Waals surface area contributed by atoms with Crippen molar-refractivity contribution in [1.29, 1.82) is 5.41 Å². The van der Waals surface area contributed by atoms with Crippen LogP contribution in [-0.2, 0) is 0 Å². The molecule has 0 amide bonds. The summed E-state index contributed by atoms with van der Waals surface area (Å²) in [7, 11) is 0. The van der Waals surface area contributed by atoms with Gasteiger partial charge in [0.05, 0.1) is 34.8 Å². The van der Waals surface area contributed by atoms with Crippen LogP contribution < -0.4 is 15.0 Å². The van der Waals surface area contributed by atoms with E-state index in [0.717, 1.165) is 24.1 Å². The predicted molar refractivity (Wildman–Crippen MR) is 112 cm³/mol. The zero-order chi connectivity index (χ0) is 20.7. The van der Waals surface area contributed by atoms with Gasteiger partial charge in [0.15, 0.2) is 0 Å². The molecule has 1 saturated carbocycles. The van der Waals surface area contributed by atoms with Crippen molar-refractivity contribution in [3.05, 3.63) is 46.1 Å². The maximum atomic E-state index is 13.9. The van der Waals surface area contributed by atoms with Crippen molar-refractivity contribution in [3.8, 4) is 5.75 Å². The molecule has 2 heterocycles. The number of nitrogens with one attached hydrogen (secondary N) is 2. The summed E-state index contributed by atoms with van der Waals surface area (Å²) < 4.78 is 19.9. The third kappa shape index (κ3) is 3.89. The van der Waals surface area contributed by atoms with E-state index in [1.807, 2.05) is 18.7 Å². The van der Waals surface area contributed by atoms with Gasteiger partial charge in [0.2, 0.25) is 0 Å². The van der Waals surface area contributed by atoms with Crippen LogP contribution >= 0.6 is 11.6 Å². The zero-order valence-electron chi connectivity index (χ0n) is 16.4. The monoisotopic (exact) mass is 418 g/mol. The molecule has 0 aromatic heterocycles. The highest BCUT2D eigenvalue weighted by Crippen LogP contribution is 2.36. The molecule has 1 aliphatic carbocycles. The number of halogens is 2. The first kappa shape index (κ1) is 19.9. The van der Waals surface area contributed by atoms with E-state index < -0.39 is 11.9 Å². The van der Waals surface area contributed by atoms with Crippen molar-refractivity contribution in [1.82, 2.24) is 5.32 Å². The summed E-state index contributed by atoms with van der Waals surface area (Å²) in [4.78, 5) is 6.47. The highest BCUT2D eigenvalue weighted by atomic mass is 35.5. The Morgan fingerprint density at radius 2 is 2.10 bits per heavy atom. The quantitative estimate of drug-likeness (QED) is 0.699. The summed E-state index contributed by atoms with van der Waals surface area (Å²) in [5, 5.41) is 22.3. The van der Waals surface area contributed by atoms with Crippen LogP contribution in [0.3, 0.4) is 0 Å². The number of hydrogen-bond donors (Lipinski definition) is 3. The van der Waals surface area contributed by atoms with Gasteiger partial charge >= 0.3 is 0 Å². The molecule has 154 valence electrons. The SMILES string of the molecule is CC1=N/C(=C2\CN(c3ccc(F)cc3OC3CCCC3O)CC2=N)NC(C)=C1Cl. The summed E-state index contributed by atoms with van der Waals surface area (Å²) in [5.74, 6) is 0.617. The fraction of sp³-hybridized carbons (Fsp3) is 0.429. The van der Waals surface area contributed by atoms with E-state index in [2.05, 4.69) is 10.3 Å². The van der Waals surface area contributed by atoms with E-state index in [1.54, 1.807) is 6.07 Å². The van der Waals surface area contributed by atoms with Crippen LogP contribution in [0, 0.1) is 11.2 Å². The van der Waals surface area contributed by atoms with Crippen molar-refractivity contribution in [2.75, 3.05) is 18.0 Å². The van der Waals surface area contributed by atoms with Crippen LogP contribution in [0.1, 0.15) is 33.1 Å². The van der Waals surface area contributed by atoms with Crippen molar-refractivity contribution in [3.63, 3.8) is 0 Å². The van der Waals surface area contributed by atoms with E-state index in [0.29, 0.717) is 53.2 Å². The minimum atomic E-state index is -0.538. The third-order valence-corrected chi connectivity index (χ3v) is 6.10. The molecule has 1 saturated heterocycles. The van der Waals surface area contributed by atoms with E-state index in [4.69, 9.17) is 21.7 Å². The van der Waals surface area contributed by atoms with Crippen LogP contribution in [0.25, 0.3) is 0 Å². The molecule has 3 N–H and O–H groups in total. The summed E-state index contributed by atoms with van der Waals surface area (Å²) in [6.45, 7) is 4.51. The van der Waals surface area contributed by atoms with Gasteiger partial charge in [0.25, 0.3) is 0 Å². The molecule has 1 aromatic carbocycles. The van der Waals surface area contributed by atoms with E-state index in [1.165, 1.54) is 12.1 Å². The Bertz CT molecular complexity index is 956. The second kappa shape index (κ2) is 7.80. The van der Waals surface area contributed by atoms with Crippen molar-refractivity contribution >= 4 is 28.7 Å². The molecule has 0 radical (unpaired) electrons. The molecule has 4 rings (SSSR count). The molecule has 6 nitrogen and oxygen atoms in total. The molecule has 29 heavy (non-hydrogen) atoms. The molecule has 0 bridgehead atoms. The van der Waals surface area contributed by atoms with Crippen molar-refractivity contribution in [2.45, 2.75) is 45.3 Å². The van der Waals surface area contributed by atoms with Crippen LogP contribution in [-0.4, -0.2) is 41.8 Å². The lowest BCUT2D eigenvalue weighted by Crippen LogP contribution is -2.27.